The van der Waals surface area contributed by atoms with Crippen LogP contribution in [0.5, 0.6) is 0 Å². The van der Waals surface area contributed by atoms with E-state index in [0.717, 1.165) is 0 Å². The number of ketones is 1. The first-order chi connectivity index (χ1) is 9.70. The Balaban J connectivity index is -0.000000104. The Kier molecular flexibility index (Phi) is 32.5. The maximum Gasteiger partial charge on any atom is 0.126 e. The maximum atomic E-state index is 9.44. The van der Waals surface area contributed by atoms with Crippen LogP contribution in [0.4, 0.5) is 0 Å². The van der Waals surface area contributed by atoms with Gasteiger partial charge in [-0.1, -0.05) is 0 Å². The van der Waals surface area contributed by atoms with Crippen LogP contribution in [0.25, 0.3) is 0 Å². The van der Waals surface area contributed by atoms with E-state index in [1.807, 2.05) is 6.79 Å². The second-order valence-corrected chi connectivity index (χ2v) is 4.10. The van der Waals surface area contributed by atoms with Gasteiger partial charge in [-0.25, -0.2) is 0 Å². The van der Waals surface area contributed by atoms with Gasteiger partial charge >= 0.3 is 0 Å². The summed E-state index contributed by atoms with van der Waals surface area (Å²) in [6, 6.07) is 0. The molecule has 21 heavy (non-hydrogen) atoms. The minimum absolute atomic E-state index is 0.00667. The van der Waals surface area contributed by atoms with Gasteiger partial charge in [-0.15, -0.1) is 0 Å². The van der Waals surface area contributed by atoms with E-state index in [4.69, 9.17) is 35.1 Å². The predicted octanol–water partition coefficient (Wildman–Crippen LogP) is -1.49. The Hall–Kier alpha value is -0.900. The first-order valence-corrected chi connectivity index (χ1v) is 6.27. The van der Waals surface area contributed by atoms with Crippen LogP contribution in [0.15, 0.2) is 0 Å². The fourth-order valence-corrected chi connectivity index (χ4v) is 0.414. The van der Waals surface area contributed by atoms with Crippen LogP contribution in [-0.4, -0.2) is 82.8 Å². The van der Waals surface area contributed by atoms with Gasteiger partial charge in [-0.3, -0.25) is 0 Å². The standard InChI is InChI=1S/C6H14O3.C3H8O3.C3H6O.CH2O/c1-5(8)4-9-6(2)3-7;4-1-3(6)2-5;1-3(2)4;1-2/h5-8H,3-4H2,1-2H3;3-6H,1-2H2;1-2H3;1H2. The highest BCUT2D eigenvalue weighted by molar-refractivity contribution is 5.72. The summed E-state index contributed by atoms with van der Waals surface area (Å²) in [4.78, 5) is 17.4. The smallest absolute Gasteiger partial charge is 0.126 e. The fourth-order valence-electron chi connectivity index (χ4n) is 0.414. The third-order valence-corrected chi connectivity index (χ3v) is 1.30. The van der Waals surface area contributed by atoms with Crippen molar-refractivity contribution in [2.24, 2.45) is 0 Å². The first kappa shape index (κ1) is 28.3. The summed E-state index contributed by atoms with van der Waals surface area (Å²) >= 11 is 0. The van der Waals surface area contributed by atoms with Crippen molar-refractivity contribution in [2.75, 3.05) is 26.4 Å². The monoisotopic (exact) mass is 314 g/mol. The average molecular weight is 314 g/mol. The van der Waals surface area contributed by atoms with Gasteiger partial charge in [0, 0.05) is 0 Å². The van der Waals surface area contributed by atoms with Gasteiger partial charge in [0.05, 0.1) is 38.6 Å². The zero-order valence-corrected chi connectivity index (χ0v) is 13.2. The second-order valence-electron chi connectivity index (χ2n) is 4.10. The lowest BCUT2D eigenvalue weighted by atomic mass is 10.4. The number of hydrogen-bond acceptors (Lipinski definition) is 8. The Labute approximate surface area is 126 Å². The molecule has 0 saturated heterocycles. The van der Waals surface area contributed by atoms with E-state index in [1.165, 1.54) is 13.8 Å². The van der Waals surface area contributed by atoms with E-state index >= 15 is 0 Å². The summed E-state index contributed by atoms with van der Waals surface area (Å²) in [6.07, 6.45) is -1.57. The highest BCUT2D eigenvalue weighted by Gasteiger charge is 2.00. The first-order valence-electron chi connectivity index (χ1n) is 6.27. The van der Waals surface area contributed by atoms with Crippen LogP contribution in [0, 0.1) is 0 Å². The number of aliphatic hydroxyl groups excluding tert-OH is 5. The van der Waals surface area contributed by atoms with Crippen LogP contribution >= 0.6 is 0 Å². The highest BCUT2D eigenvalue weighted by Crippen LogP contribution is 1.90. The molecule has 2 atom stereocenters. The Morgan fingerprint density at radius 1 is 1.00 bits per heavy atom. The number of Topliss-reactive ketones (excluding diaryl/α,β-unsaturated/α-hetero) is 1. The van der Waals surface area contributed by atoms with Gasteiger partial charge in [-0.05, 0) is 27.7 Å². The van der Waals surface area contributed by atoms with E-state index in [-0.39, 0.29) is 31.7 Å². The minimum Gasteiger partial charge on any atom is -0.394 e. The van der Waals surface area contributed by atoms with Crippen molar-refractivity contribution in [2.45, 2.75) is 46.0 Å². The highest BCUT2D eigenvalue weighted by atomic mass is 16.5. The molecule has 0 bridgehead atoms. The number of carbonyl (C=O) groups is 2. The molecule has 0 aromatic rings. The Morgan fingerprint density at radius 2 is 1.33 bits per heavy atom. The third kappa shape index (κ3) is 54.7. The number of carbonyl (C=O) groups excluding carboxylic acids is 2. The quantitative estimate of drug-likeness (QED) is 0.398. The second kappa shape index (κ2) is 24.1. The zero-order chi connectivity index (χ0) is 17.8. The Morgan fingerprint density at radius 3 is 1.48 bits per heavy atom. The van der Waals surface area contributed by atoms with E-state index in [9.17, 15) is 4.79 Å². The molecule has 130 valence electrons. The van der Waals surface area contributed by atoms with Crippen molar-refractivity contribution in [3.63, 3.8) is 0 Å². The van der Waals surface area contributed by atoms with Crippen molar-refractivity contribution in [3.05, 3.63) is 0 Å². The predicted molar refractivity (Wildman–Crippen MR) is 77.8 cm³/mol. The lowest BCUT2D eigenvalue weighted by Gasteiger charge is -2.10. The molecule has 2 unspecified atom stereocenters. The third-order valence-electron chi connectivity index (χ3n) is 1.30. The molecule has 8 nitrogen and oxygen atoms in total. The molecular weight excluding hydrogens is 284 g/mol. The maximum absolute atomic E-state index is 9.44. The lowest BCUT2D eigenvalue weighted by Crippen LogP contribution is -2.19. The van der Waals surface area contributed by atoms with Crippen LogP contribution in [0.3, 0.4) is 0 Å². The number of rotatable bonds is 6. The summed E-state index contributed by atoms with van der Waals surface area (Å²) in [7, 11) is 0. The molecule has 0 amide bonds. The molecule has 0 radical (unpaired) electrons. The average Bonchev–Trinajstić information content (AvgIpc) is 2.45. The summed E-state index contributed by atoms with van der Waals surface area (Å²) in [5.74, 6) is 0.167. The number of ether oxygens (including phenoxy) is 1. The largest absolute Gasteiger partial charge is 0.394 e. The van der Waals surface area contributed by atoms with Crippen LogP contribution in [0.2, 0.25) is 0 Å². The molecule has 0 aromatic heterocycles. The zero-order valence-electron chi connectivity index (χ0n) is 13.2. The molecule has 5 N–H and O–H groups in total. The molecule has 0 saturated carbocycles. The molecule has 0 aromatic carbocycles. The van der Waals surface area contributed by atoms with E-state index < -0.39 is 12.2 Å². The lowest BCUT2D eigenvalue weighted by molar-refractivity contribution is -0.115. The number of hydrogen-bond donors (Lipinski definition) is 5. The van der Waals surface area contributed by atoms with Crippen molar-refractivity contribution < 1.29 is 39.9 Å². The van der Waals surface area contributed by atoms with Gasteiger partial charge in [0.1, 0.15) is 18.7 Å². The number of aliphatic hydroxyl groups is 5. The van der Waals surface area contributed by atoms with Gasteiger partial charge < -0.3 is 39.9 Å². The molecule has 0 aliphatic carbocycles. The molecule has 0 fully saturated rings. The molecule has 0 heterocycles. The van der Waals surface area contributed by atoms with Gasteiger partial charge in [-0.2, -0.15) is 0 Å². The van der Waals surface area contributed by atoms with E-state index in [1.54, 1.807) is 13.8 Å². The van der Waals surface area contributed by atoms with Crippen molar-refractivity contribution in [1.82, 2.24) is 0 Å². The van der Waals surface area contributed by atoms with E-state index in [0.29, 0.717) is 6.61 Å². The minimum atomic E-state index is -0.954. The van der Waals surface area contributed by atoms with Crippen LogP contribution in [-0.2, 0) is 14.3 Å². The molecule has 8 heteroatoms. The summed E-state index contributed by atoms with van der Waals surface area (Å²) in [6.45, 7) is 8.02. The molecule has 0 aliphatic rings. The van der Waals surface area contributed by atoms with Crippen molar-refractivity contribution in [1.29, 1.82) is 0 Å². The summed E-state index contributed by atoms with van der Waals surface area (Å²) in [5.41, 5.74) is 0. The normalized spacial score (nSPS) is 11.7. The van der Waals surface area contributed by atoms with Crippen molar-refractivity contribution in [3.8, 4) is 0 Å². The van der Waals surface area contributed by atoms with Gasteiger partial charge in [0.25, 0.3) is 0 Å². The fraction of sp³-hybridized carbons (Fsp3) is 0.846. The molecule has 0 aliphatic heterocycles. The van der Waals surface area contributed by atoms with Crippen LogP contribution < -0.4 is 0 Å². The van der Waals surface area contributed by atoms with Gasteiger partial charge in [0.15, 0.2) is 0 Å². The molecule has 0 rings (SSSR count). The van der Waals surface area contributed by atoms with Gasteiger partial charge in [0.2, 0.25) is 0 Å². The van der Waals surface area contributed by atoms with E-state index in [2.05, 4.69) is 0 Å². The summed E-state index contributed by atoms with van der Waals surface area (Å²) in [5, 5.41) is 41.1. The SMILES string of the molecule is C=O.CC(C)=O.CC(O)COC(C)CO.OCC(O)CO. The Bertz CT molecular complexity index is 191. The summed E-state index contributed by atoms with van der Waals surface area (Å²) < 4.78 is 4.95. The van der Waals surface area contributed by atoms with Crippen molar-refractivity contribution >= 4 is 12.6 Å². The van der Waals surface area contributed by atoms with Crippen LogP contribution in [0.1, 0.15) is 27.7 Å². The molecule has 0 spiro atoms. The topological polar surface area (TPSA) is 145 Å². The molecular formula is C13H30O8.